The molecule has 0 aromatic heterocycles. The van der Waals surface area contributed by atoms with Crippen LogP contribution < -0.4 is 9.47 Å². The van der Waals surface area contributed by atoms with Crippen LogP contribution in [0, 0.1) is 11.8 Å². The van der Waals surface area contributed by atoms with Crippen LogP contribution in [0.4, 0.5) is 0 Å². The van der Waals surface area contributed by atoms with Crippen LogP contribution >= 0.6 is 0 Å². The van der Waals surface area contributed by atoms with E-state index in [-0.39, 0.29) is 16.7 Å². The summed E-state index contributed by atoms with van der Waals surface area (Å²) in [5.74, 6) is 1.66. The number of amides is 1. The second-order valence-corrected chi connectivity index (χ2v) is 9.64. The second-order valence-electron chi connectivity index (χ2n) is 7.70. The lowest BCUT2D eigenvalue weighted by molar-refractivity contribution is -0.138. The molecule has 0 unspecified atom stereocenters. The Kier molecular flexibility index (Phi) is 6.50. The van der Waals surface area contributed by atoms with Crippen LogP contribution in [0.25, 0.3) is 0 Å². The predicted molar refractivity (Wildman–Crippen MR) is 106 cm³/mol. The molecule has 156 valence electrons. The largest absolute Gasteiger partial charge is 0.493 e. The van der Waals surface area contributed by atoms with Gasteiger partial charge in [0.15, 0.2) is 11.5 Å². The van der Waals surface area contributed by atoms with E-state index in [4.69, 9.17) is 9.47 Å². The Balaban J connectivity index is 1.64. The number of hydrogen-bond donors (Lipinski definition) is 0. The highest BCUT2D eigenvalue weighted by Crippen LogP contribution is 2.32. The molecule has 0 spiro atoms. The van der Waals surface area contributed by atoms with Crippen LogP contribution in [-0.2, 0) is 14.8 Å². The summed E-state index contributed by atoms with van der Waals surface area (Å²) in [5, 5.41) is 0. The number of rotatable bonds is 5. The Hall–Kier alpha value is -1.80. The van der Waals surface area contributed by atoms with Gasteiger partial charge in [0.05, 0.1) is 19.1 Å². The van der Waals surface area contributed by atoms with Crippen molar-refractivity contribution in [3.63, 3.8) is 0 Å². The van der Waals surface area contributed by atoms with Crippen LogP contribution in [0.2, 0.25) is 0 Å². The number of nitrogens with zero attached hydrogens (tertiary/aromatic N) is 2. The Morgan fingerprint density at radius 2 is 1.57 bits per heavy atom. The standard InChI is InChI=1S/C20H30N2O5S/c1-15-6-10-21(11-7-15)20(23)16-8-12-22(13-9-16)28(24,25)17-4-5-18(26-2)19(14-17)27-3/h4-5,14-16H,6-13H2,1-3H3. The fourth-order valence-electron chi connectivity index (χ4n) is 3.96. The number of benzene rings is 1. The molecule has 8 heteroatoms. The van der Waals surface area contributed by atoms with E-state index in [9.17, 15) is 13.2 Å². The zero-order valence-electron chi connectivity index (χ0n) is 16.9. The van der Waals surface area contributed by atoms with Crippen molar-refractivity contribution in [2.75, 3.05) is 40.4 Å². The van der Waals surface area contributed by atoms with Crippen molar-refractivity contribution < 1.29 is 22.7 Å². The molecule has 0 N–H and O–H groups in total. The molecular formula is C20H30N2O5S. The molecule has 2 aliphatic rings. The van der Waals surface area contributed by atoms with E-state index >= 15 is 0 Å². The molecule has 2 saturated heterocycles. The van der Waals surface area contributed by atoms with Crippen LogP contribution in [0.15, 0.2) is 23.1 Å². The van der Waals surface area contributed by atoms with Gasteiger partial charge in [-0.25, -0.2) is 8.42 Å². The van der Waals surface area contributed by atoms with Gasteiger partial charge in [-0.05, 0) is 43.7 Å². The minimum atomic E-state index is -3.63. The van der Waals surface area contributed by atoms with Gasteiger partial charge in [0.25, 0.3) is 0 Å². The quantitative estimate of drug-likeness (QED) is 0.745. The predicted octanol–water partition coefficient (Wildman–Crippen LogP) is 2.36. The molecule has 1 aromatic rings. The van der Waals surface area contributed by atoms with Gasteiger partial charge in [0.2, 0.25) is 15.9 Å². The number of likely N-dealkylation sites (tertiary alicyclic amines) is 1. The van der Waals surface area contributed by atoms with Gasteiger partial charge in [-0.1, -0.05) is 6.92 Å². The lowest BCUT2D eigenvalue weighted by Gasteiger charge is -2.36. The first-order valence-electron chi connectivity index (χ1n) is 9.87. The SMILES string of the molecule is COc1ccc(S(=O)(=O)N2CCC(C(=O)N3CCC(C)CC3)CC2)cc1OC. The second kappa shape index (κ2) is 8.69. The molecule has 2 aliphatic heterocycles. The highest BCUT2D eigenvalue weighted by molar-refractivity contribution is 7.89. The van der Waals surface area contributed by atoms with Crippen molar-refractivity contribution in [1.29, 1.82) is 0 Å². The van der Waals surface area contributed by atoms with Crippen molar-refractivity contribution in [3.05, 3.63) is 18.2 Å². The smallest absolute Gasteiger partial charge is 0.243 e. The summed E-state index contributed by atoms with van der Waals surface area (Å²) in [5.41, 5.74) is 0. The van der Waals surface area contributed by atoms with Crippen molar-refractivity contribution in [3.8, 4) is 11.5 Å². The fraction of sp³-hybridized carbons (Fsp3) is 0.650. The van der Waals surface area contributed by atoms with Crippen molar-refractivity contribution in [2.45, 2.75) is 37.5 Å². The molecule has 2 heterocycles. The van der Waals surface area contributed by atoms with Gasteiger partial charge in [0, 0.05) is 38.2 Å². The van der Waals surface area contributed by atoms with Crippen molar-refractivity contribution in [1.82, 2.24) is 9.21 Å². The number of hydrogen-bond acceptors (Lipinski definition) is 5. The van der Waals surface area contributed by atoms with Gasteiger partial charge in [-0.15, -0.1) is 0 Å². The maximum Gasteiger partial charge on any atom is 0.243 e. The molecule has 1 amide bonds. The molecule has 3 rings (SSSR count). The van der Waals surface area contributed by atoms with E-state index in [1.807, 2.05) is 4.90 Å². The molecular weight excluding hydrogens is 380 g/mol. The molecule has 1 aromatic carbocycles. The van der Waals surface area contributed by atoms with Crippen molar-refractivity contribution in [2.24, 2.45) is 11.8 Å². The summed E-state index contributed by atoms with van der Waals surface area (Å²) in [4.78, 5) is 14.9. The van der Waals surface area contributed by atoms with Gasteiger partial charge in [0.1, 0.15) is 0 Å². The normalized spacial score (nSPS) is 20.2. The highest BCUT2D eigenvalue weighted by Gasteiger charge is 2.34. The maximum absolute atomic E-state index is 13.0. The van der Waals surface area contributed by atoms with E-state index in [0.29, 0.717) is 43.3 Å². The summed E-state index contributed by atoms with van der Waals surface area (Å²) >= 11 is 0. The molecule has 0 radical (unpaired) electrons. The van der Waals surface area contributed by atoms with Crippen LogP contribution in [-0.4, -0.2) is 63.9 Å². The average molecular weight is 411 g/mol. The third-order valence-electron chi connectivity index (χ3n) is 5.89. The van der Waals surface area contributed by atoms with Gasteiger partial charge in [-0.3, -0.25) is 4.79 Å². The number of sulfonamides is 1. The van der Waals surface area contributed by atoms with Crippen LogP contribution in [0.3, 0.4) is 0 Å². The van der Waals surface area contributed by atoms with E-state index in [1.165, 1.54) is 30.7 Å². The zero-order valence-corrected chi connectivity index (χ0v) is 17.7. The molecule has 0 aliphatic carbocycles. The number of methoxy groups -OCH3 is 2. The van der Waals surface area contributed by atoms with Gasteiger partial charge in [-0.2, -0.15) is 4.31 Å². The third kappa shape index (κ3) is 4.27. The first-order valence-corrected chi connectivity index (χ1v) is 11.3. The number of piperidine rings is 2. The van der Waals surface area contributed by atoms with E-state index in [1.54, 1.807) is 6.07 Å². The lowest BCUT2D eigenvalue weighted by atomic mass is 9.93. The summed E-state index contributed by atoms with van der Waals surface area (Å²) < 4.78 is 37.9. The van der Waals surface area contributed by atoms with Gasteiger partial charge < -0.3 is 14.4 Å². The molecule has 0 bridgehead atoms. The maximum atomic E-state index is 13.0. The van der Waals surface area contributed by atoms with E-state index in [2.05, 4.69) is 6.92 Å². The Bertz CT molecular complexity index is 795. The Labute approximate surface area is 167 Å². The summed E-state index contributed by atoms with van der Waals surface area (Å²) in [6.07, 6.45) is 3.24. The number of ether oxygens (including phenoxy) is 2. The number of carbonyl (C=O) groups excluding carboxylic acids is 1. The minimum Gasteiger partial charge on any atom is -0.493 e. The lowest BCUT2D eigenvalue weighted by Crippen LogP contribution is -2.46. The van der Waals surface area contributed by atoms with Crippen molar-refractivity contribution >= 4 is 15.9 Å². The van der Waals surface area contributed by atoms with E-state index < -0.39 is 10.0 Å². The summed E-state index contributed by atoms with van der Waals surface area (Å²) in [6.45, 7) is 4.59. The van der Waals surface area contributed by atoms with Crippen LogP contribution in [0.1, 0.15) is 32.6 Å². The molecule has 7 nitrogen and oxygen atoms in total. The van der Waals surface area contributed by atoms with Crippen LogP contribution in [0.5, 0.6) is 11.5 Å². The van der Waals surface area contributed by atoms with E-state index in [0.717, 1.165) is 25.9 Å². The molecule has 28 heavy (non-hydrogen) atoms. The van der Waals surface area contributed by atoms with Gasteiger partial charge >= 0.3 is 0 Å². The minimum absolute atomic E-state index is 0.0785. The molecule has 0 saturated carbocycles. The zero-order chi connectivity index (χ0) is 20.3. The number of carbonyl (C=O) groups is 1. The Morgan fingerprint density at radius 1 is 0.964 bits per heavy atom. The topological polar surface area (TPSA) is 76.2 Å². The monoisotopic (exact) mass is 410 g/mol. The third-order valence-corrected chi connectivity index (χ3v) is 7.79. The fourth-order valence-corrected chi connectivity index (χ4v) is 5.44. The summed E-state index contributed by atoms with van der Waals surface area (Å²) in [7, 11) is -0.638. The average Bonchev–Trinajstić information content (AvgIpc) is 2.73. The molecule has 0 atom stereocenters. The first-order chi connectivity index (χ1) is 13.4. The summed E-state index contributed by atoms with van der Waals surface area (Å²) in [6, 6.07) is 4.61. The first kappa shape index (κ1) is 20.9. The highest BCUT2D eigenvalue weighted by atomic mass is 32.2. The molecule has 2 fully saturated rings. The Morgan fingerprint density at radius 3 is 2.14 bits per heavy atom.